The Labute approximate surface area is 177 Å². The van der Waals surface area contributed by atoms with Crippen LogP contribution in [-0.2, 0) is 11.2 Å². The topological polar surface area (TPSA) is 67.8 Å². The second-order valence-electron chi connectivity index (χ2n) is 6.25. The summed E-state index contributed by atoms with van der Waals surface area (Å²) in [5, 5.41) is 12.2. The van der Waals surface area contributed by atoms with E-state index in [4.69, 9.17) is 9.47 Å². The maximum Gasteiger partial charge on any atom is 0.321 e. The van der Waals surface area contributed by atoms with E-state index in [1.807, 2.05) is 48.5 Å². The number of thioether (sulfide) groups is 1. The second kappa shape index (κ2) is 10.0. The molecule has 0 bridgehead atoms. The number of aliphatic carboxylic acids is 1. The van der Waals surface area contributed by atoms with Gasteiger partial charge >= 0.3 is 5.97 Å². The maximum atomic E-state index is 11.2. The summed E-state index contributed by atoms with van der Waals surface area (Å²) in [6.07, 6.45) is 2.60. The minimum Gasteiger partial charge on any atom is -0.490 e. The quantitative estimate of drug-likeness (QED) is 0.423. The van der Waals surface area contributed by atoms with Crippen LogP contribution in [0.25, 0.3) is 0 Å². The summed E-state index contributed by atoms with van der Waals surface area (Å²) >= 11 is 5.05. The van der Waals surface area contributed by atoms with Crippen molar-refractivity contribution in [2.75, 3.05) is 19.0 Å². The average Bonchev–Trinajstić information content (AvgIpc) is 3.18. The van der Waals surface area contributed by atoms with Crippen LogP contribution in [0.4, 0.5) is 0 Å². The summed E-state index contributed by atoms with van der Waals surface area (Å²) in [7, 11) is 0. The smallest absolute Gasteiger partial charge is 0.321 e. The summed E-state index contributed by atoms with van der Waals surface area (Å²) in [4.78, 5) is 11.2. The molecule has 0 spiro atoms. The van der Waals surface area contributed by atoms with Crippen molar-refractivity contribution in [3.05, 3.63) is 70.7 Å². The lowest BCUT2D eigenvalue weighted by Crippen LogP contribution is -2.33. The number of hydrogen-bond donors (Lipinski definition) is 2. The first kappa shape index (κ1) is 20.8. The minimum absolute atomic E-state index is 0.122. The third-order valence-electron chi connectivity index (χ3n) is 4.27. The monoisotopic (exact) mass is 463 g/mol. The van der Waals surface area contributed by atoms with E-state index in [9.17, 15) is 9.90 Å². The molecule has 7 heteroatoms. The van der Waals surface area contributed by atoms with Crippen LogP contribution in [0.5, 0.6) is 11.5 Å². The molecule has 0 aromatic heterocycles. The Kier molecular flexibility index (Phi) is 7.42. The van der Waals surface area contributed by atoms with Gasteiger partial charge in [-0.2, -0.15) is 0 Å². The van der Waals surface area contributed by atoms with Crippen molar-refractivity contribution in [2.24, 2.45) is 0 Å². The minimum atomic E-state index is -0.834. The maximum absolute atomic E-state index is 11.2. The van der Waals surface area contributed by atoms with Crippen LogP contribution in [-0.4, -0.2) is 36.1 Å². The van der Waals surface area contributed by atoms with Crippen molar-refractivity contribution < 1.29 is 19.4 Å². The summed E-state index contributed by atoms with van der Waals surface area (Å²) in [6, 6.07) is 13.1. The van der Waals surface area contributed by atoms with E-state index in [1.165, 1.54) is 0 Å². The first-order valence-electron chi connectivity index (χ1n) is 8.93. The molecule has 1 fully saturated rings. The number of hydrogen-bond acceptors (Lipinski definition) is 5. The Balaban J connectivity index is 1.61. The zero-order chi connectivity index (χ0) is 19.9. The molecule has 28 heavy (non-hydrogen) atoms. The van der Waals surface area contributed by atoms with Gasteiger partial charge in [-0.3, -0.25) is 10.1 Å². The van der Waals surface area contributed by atoms with Gasteiger partial charge in [0.1, 0.15) is 30.8 Å². The highest BCUT2D eigenvalue weighted by atomic mass is 79.9. The second-order valence-corrected chi connectivity index (χ2v) is 8.30. The molecule has 2 aromatic rings. The lowest BCUT2D eigenvalue weighted by Gasteiger charge is -2.18. The van der Waals surface area contributed by atoms with Gasteiger partial charge in [0.2, 0.25) is 0 Å². The van der Waals surface area contributed by atoms with Crippen LogP contribution >= 0.6 is 27.7 Å². The van der Waals surface area contributed by atoms with E-state index in [2.05, 4.69) is 27.8 Å². The van der Waals surface area contributed by atoms with Crippen molar-refractivity contribution in [1.82, 2.24) is 5.32 Å². The molecular formula is C21H22BrNO4S. The predicted octanol–water partition coefficient (Wildman–Crippen LogP) is 4.42. The van der Waals surface area contributed by atoms with E-state index in [1.54, 1.807) is 11.8 Å². The van der Waals surface area contributed by atoms with Crippen LogP contribution in [0.1, 0.15) is 16.5 Å². The molecular weight excluding hydrogens is 442 g/mol. The van der Waals surface area contributed by atoms with Gasteiger partial charge in [-0.15, -0.1) is 18.3 Å². The van der Waals surface area contributed by atoms with Crippen molar-refractivity contribution >= 4 is 33.7 Å². The van der Waals surface area contributed by atoms with Gasteiger partial charge in [0.05, 0.1) is 5.37 Å². The number of allylic oxidation sites excluding steroid dienone is 1. The molecule has 2 aromatic carbocycles. The van der Waals surface area contributed by atoms with Crippen LogP contribution in [0.15, 0.2) is 59.6 Å². The Morgan fingerprint density at radius 1 is 1.25 bits per heavy atom. The highest BCUT2D eigenvalue weighted by molar-refractivity contribution is 9.10. The largest absolute Gasteiger partial charge is 0.490 e. The van der Waals surface area contributed by atoms with Crippen LogP contribution in [0.2, 0.25) is 0 Å². The number of rotatable bonds is 9. The molecule has 2 N–H and O–H groups in total. The fourth-order valence-corrected chi connectivity index (χ4v) is 4.55. The fourth-order valence-electron chi connectivity index (χ4n) is 2.92. The molecule has 148 valence electrons. The van der Waals surface area contributed by atoms with Crippen molar-refractivity contribution in [3.63, 3.8) is 0 Å². The molecule has 2 atom stereocenters. The third-order valence-corrected chi connectivity index (χ3v) is 6.01. The van der Waals surface area contributed by atoms with Gasteiger partial charge in [-0.05, 0) is 36.2 Å². The first-order chi connectivity index (χ1) is 13.6. The van der Waals surface area contributed by atoms with Gasteiger partial charge in [0, 0.05) is 15.8 Å². The van der Waals surface area contributed by atoms with Crippen molar-refractivity contribution in [1.29, 1.82) is 0 Å². The molecule has 0 saturated carbocycles. The number of halogens is 1. The van der Waals surface area contributed by atoms with E-state index in [0.29, 0.717) is 19.0 Å². The number of ether oxygens (including phenoxy) is 2. The molecule has 1 aliphatic rings. The molecule has 0 aliphatic carbocycles. The zero-order valence-corrected chi connectivity index (χ0v) is 17.7. The lowest BCUT2D eigenvalue weighted by molar-refractivity contribution is -0.138. The zero-order valence-electron chi connectivity index (χ0n) is 15.3. The third kappa shape index (κ3) is 5.31. The van der Waals surface area contributed by atoms with Crippen LogP contribution < -0.4 is 14.8 Å². The number of para-hydroxylation sites is 1. The molecule has 0 radical (unpaired) electrons. The van der Waals surface area contributed by atoms with E-state index in [0.717, 1.165) is 33.5 Å². The van der Waals surface area contributed by atoms with Crippen LogP contribution in [0.3, 0.4) is 0 Å². The number of carboxylic acid groups (broad SMARTS) is 1. The number of carbonyl (C=O) groups is 1. The number of benzene rings is 2. The molecule has 3 rings (SSSR count). The van der Waals surface area contributed by atoms with E-state index in [-0.39, 0.29) is 5.37 Å². The van der Waals surface area contributed by atoms with Gasteiger partial charge in [-0.1, -0.05) is 40.2 Å². The molecule has 2 unspecified atom stereocenters. The summed E-state index contributed by atoms with van der Waals surface area (Å²) in [5.41, 5.74) is 2.02. The van der Waals surface area contributed by atoms with Gasteiger partial charge in [0.15, 0.2) is 0 Å². The molecule has 1 aliphatic heterocycles. The Morgan fingerprint density at radius 2 is 2.00 bits per heavy atom. The Bertz CT molecular complexity index is 845. The molecule has 0 amide bonds. The Hall–Kier alpha value is -1.96. The van der Waals surface area contributed by atoms with Crippen LogP contribution in [0, 0.1) is 0 Å². The Morgan fingerprint density at radius 3 is 2.71 bits per heavy atom. The average molecular weight is 464 g/mol. The highest BCUT2D eigenvalue weighted by Crippen LogP contribution is 2.39. The number of nitrogens with one attached hydrogen (secondary N) is 1. The first-order valence-corrected chi connectivity index (χ1v) is 10.8. The summed E-state index contributed by atoms with van der Waals surface area (Å²) < 4.78 is 12.7. The van der Waals surface area contributed by atoms with Gasteiger partial charge < -0.3 is 14.6 Å². The lowest BCUT2D eigenvalue weighted by atomic mass is 10.1. The van der Waals surface area contributed by atoms with Gasteiger partial charge in [-0.25, -0.2) is 0 Å². The molecule has 5 nitrogen and oxygen atoms in total. The molecule has 1 saturated heterocycles. The standard InChI is InChI=1S/C21H22BrNO4S/c1-2-5-14-6-3-4-7-18(14)26-10-11-27-19-9-8-15(22)12-16(19)20-23-17(13-28-20)21(24)25/h2-4,6-9,12,17,20,23H,1,5,10-11,13H2,(H,24,25). The van der Waals surface area contributed by atoms with Crippen molar-refractivity contribution in [3.8, 4) is 11.5 Å². The predicted molar refractivity (Wildman–Crippen MR) is 115 cm³/mol. The fraction of sp³-hybridized carbons (Fsp3) is 0.286. The highest BCUT2D eigenvalue weighted by Gasteiger charge is 2.32. The normalized spacial score (nSPS) is 18.6. The van der Waals surface area contributed by atoms with E-state index >= 15 is 0 Å². The molecule has 1 heterocycles. The van der Waals surface area contributed by atoms with Crippen molar-refractivity contribution in [2.45, 2.75) is 17.8 Å². The number of carboxylic acids is 1. The van der Waals surface area contributed by atoms with E-state index < -0.39 is 12.0 Å². The SMILES string of the molecule is C=CCc1ccccc1OCCOc1ccc(Br)cc1C1NC(C(=O)O)CS1. The summed E-state index contributed by atoms with van der Waals surface area (Å²) in [5.74, 6) is 1.25. The summed E-state index contributed by atoms with van der Waals surface area (Å²) in [6.45, 7) is 4.57. The van der Waals surface area contributed by atoms with Gasteiger partial charge in [0.25, 0.3) is 0 Å².